The van der Waals surface area contributed by atoms with Crippen molar-refractivity contribution in [2.75, 3.05) is 6.54 Å². The van der Waals surface area contributed by atoms with E-state index in [1.54, 1.807) is 17.1 Å². The molecule has 0 bridgehead atoms. The van der Waals surface area contributed by atoms with Crippen LogP contribution in [0.1, 0.15) is 5.56 Å². The molecule has 1 aromatic heterocycles. The Morgan fingerprint density at radius 3 is 2.95 bits per heavy atom. The van der Waals surface area contributed by atoms with Gasteiger partial charge < -0.3 is 5.32 Å². The van der Waals surface area contributed by atoms with Crippen molar-refractivity contribution in [1.29, 1.82) is 0 Å². The lowest BCUT2D eigenvalue weighted by molar-refractivity contribution is -0.387. The van der Waals surface area contributed by atoms with Gasteiger partial charge in [-0.3, -0.25) is 14.8 Å². The van der Waals surface area contributed by atoms with Gasteiger partial charge in [-0.25, -0.2) is 0 Å². The average Bonchev–Trinajstić information content (AvgIpc) is 2.87. The minimum atomic E-state index is -0.819. The number of hydrogen-bond acceptors (Lipinski definition) is 5. The second kappa shape index (κ2) is 6.01. The van der Waals surface area contributed by atoms with Crippen molar-refractivity contribution in [1.82, 2.24) is 20.3 Å². The molecule has 1 N–H and O–H groups in total. The van der Waals surface area contributed by atoms with Crippen molar-refractivity contribution in [2.24, 2.45) is 0 Å². The lowest BCUT2D eigenvalue weighted by atomic mass is 10.2. The van der Waals surface area contributed by atoms with Gasteiger partial charge in [-0.15, -0.1) is 5.10 Å². The zero-order chi connectivity index (χ0) is 13.7. The predicted octanol–water partition coefficient (Wildman–Crippen LogP) is 1.12. The largest absolute Gasteiger partial charge is 0.311 e. The van der Waals surface area contributed by atoms with Gasteiger partial charge in [0.25, 0.3) is 0 Å². The van der Waals surface area contributed by atoms with Crippen LogP contribution in [0.4, 0.5) is 10.1 Å². The molecule has 8 heteroatoms. The fourth-order valence-corrected chi connectivity index (χ4v) is 1.59. The molecule has 0 radical (unpaired) electrons. The lowest BCUT2D eigenvalue weighted by Crippen LogP contribution is -2.20. The molecule has 0 spiro atoms. The molecule has 1 heterocycles. The first-order valence-corrected chi connectivity index (χ1v) is 5.64. The van der Waals surface area contributed by atoms with E-state index in [0.29, 0.717) is 25.2 Å². The third-order valence-corrected chi connectivity index (χ3v) is 2.53. The smallest absolute Gasteiger partial charge is 0.304 e. The SMILES string of the molecule is O=[N+]([O-])c1ccc(CNCCn2ccnn2)cc1F. The van der Waals surface area contributed by atoms with Gasteiger partial charge in [0.1, 0.15) is 0 Å². The van der Waals surface area contributed by atoms with Crippen LogP contribution in [-0.4, -0.2) is 26.5 Å². The van der Waals surface area contributed by atoms with Gasteiger partial charge in [0.2, 0.25) is 5.82 Å². The van der Waals surface area contributed by atoms with Crippen LogP contribution < -0.4 is 5.32 Å². The minimum absolute atomic E-state index is 0.434. The van der Waals surface area contributed by atoms with E-state index in [-0.39, 0.29) is 0 Å². The van der Waals surface area contributed by atoms with E-state index in [1.165, 1.54) is 18.2 Å². The van der Waals surface area contributed by atoms with E-state index < -0.39 is 16.4 Å². The third-order valence-electron chi connectivity index (χ3n) is 2.53. The standard InChI is InChI=1S/C11H12FN5O2/c12-10-7-9(1-2-11(10)17(18)19)8-13-3-5-16-6-4-14-15-16/h1-2,4,6-7,13H,3,5,8H2. The number of rotatable bonds is 6. The van der Waals surface area contributed by atoms with Crippen LogP contribution in [-0.2, 0) is 13.1 Å². The summed E-state index contributed by atoms with van der Waals surface area (Å²) in [5.41, 5.74) is 0.146. The monoisotopic (exact) mass is 265 g/mol. The van der Waals surface area contributed by atoms with Crippen LogP contribution in [0.3, 0.4) is 0 Å². The molecule has 0 atom stereocenters. The number of nitrogens with one attached hydrogen (secondary N) is 1. The number of nitro benzene ring substituents is 1. The summed E-state index contributed by atoms with van der Waals surface area (Å²) >= 11 is 0. The van der Waals surface area contributed by atoms with Crippen LogP contribution in [0, 0.1) is 15.9 Å². The van der Waals surface area contributed by atoms with E-state index in [1.807, 2.05) is 0 Å². The molecular formula is C11H12FN5O2. The third kappa shape index (κ3) is 3.55. The number of aromatic nitrogens is 3. The Kier molecular flexibility index (Phi) is 4.14. The molecular weight excluding hydrogens is 253 g/mol. The molecule has 100 valence electrons. The van der Waals surface area contributed by atoms with E-state index in [4.69, 9.17) is 0 Å². The van der Waals surface area contributed by atoms with Crippen molar-refractivity contribution in [3.05, 3.63) is 52.1 Å². The molecule has 2 aromatic rings. The minimum Gasteiger partial charge on any atom is -0.311 e. The Balaban J connectivity index is 1.83. The van der Waals surface area contributed by atoms with E-state index in [2.05, 4.69) is 15.6 Å². The highest BCUT2D eigenvalue weighted by molar-refractivity contribution is 5.34. The second-order valence-corrected chi connectivity index (χ2v) is 3.89. The summed E-state index contributed by atoms with van der Waals surface area (Å²) in [4.78, 5) is 9.72. The molecule has 2 rings (SSSR count). The van der Waals surface area contributed by atoms with Crippen LogP contribution in [0.2, 0.25) is 0 Å². The Morgan fingerprint density at radius 2 is 2.32 bits per heavy atom. The number of benzene rings is 1. The molecule has 0 unspecified atom stereocenters. The van der Waals surface area contributed by atoms with Gasteiger partial charge in [0, 0.05) is 25.4 Å². The summed E-state index contributed by atoms with van der Waals surface area (Å²) in [6.45, 7) is 1.72. The Labute approximate surface area is 108 Å². The topological polar surface area (TPSA) is 85.9 Å². The second-order valence-electron chi connectivity index (χ2n) is 3.89. The fraction of sp³-hybridized carbons (Fsp3) is 0.273. The molecule has 0 fully saturated rings. The quantitative estimate of drug-likeness (QED) is 0.480. The molecule has 0 amide bonds. The Hall–Kier alpha value is -2.35. The first-order chi connectivity index (χ1) is 9.16. The van der Waals surface area contributed by atoms with E-state index >= 15 is 0 Å². The highest BCUT2D eigenvalue weighted by Crippen LogP contribution is 2.17. The first kappa shape index (κ1) is 13.1. The Morgan fingerprint density at radius 1 is 1.47 bits per heavy atom. The average molecular weight is 265 g/mol. The summed E-state index contributed by atoms with van der Waals surface area (Å²) in [6.07, 6.45) is 3.33. The zero-order valence-corrected chi connectivity index (χ0v) is 9.99. The maximum atomic E-state index is 13.3. The maximum Gasteiger partial charge on any atom is 0.304 e. The van der Waals surface area contributed by atoms with Gasteiger partial charge in [-0.2, -0.15) is 4.39 Å². The number of halogens is 1. The van der Waals surface area contributed by atoms with Crippen molar-refractivity contribution in [2.45, 2.75) is 13.1 Å². The number of nitro groups is 1. The number of hydrogen-bond donors (Lipinski definition) is 1. The van der Waals surface area contributed by atoms with E-state index in [9.17, 15) is 14.5 Å². The van der Waals surface area contributed by atoms with Gasteiger partial charge in [-0.05, 0) is 11.6 Å². The van der Waals surface area contributed by atoms with Crippen molar-refractivity contribution in [3.63, 3.8) is 0 Å². The molecule has 0 saturated carbocycles. The van der Waals surface area contributed by atoms with Gasteiger partial charge >= 0.3 is 5.69 Å². The van der Waals surface area contributed by atoms with Crippen LogP contribution >= 0.6 is 0 Å². The summed E-state index contributed by atoms with van der Waals surface area (Å²) in [6, 6.07) is 3.87. The highest BCUT2D eigenvalue weighted by Gasteiger charge is 2.13. The van der Waals surface area contributed by atoms with Crippen LogP contribution in [0.5, 0.6) is 0 Å². The van der Waals surface area contributed by atoms with Gasteiger partial charge in [0.05, 0.1) is 17.7 Å². The predicted molar refractivity (Wildman–Crippen MR) is 64.8 cm³/mol. The normalized spacial score (nSPS) is 10.6. The van der Waals surface area contributed by atoms with Crippen molar-refractivity contribution in [3.8, 4) is 0 Å². The summed E-state index contributed by atoms with van der Waals surface area (Å²) in [7, 11) is 0. The number of nitrogens with zero attached hydrogens (tertiary/aromatic N) is 4. The van der Waals surface area contributed by atoms with Gasteiger partial charge in [-0.1, -0.05) is 11.3 Å². The fourth-order valence-electron chi connectivity index (χ4n) is 1.59. The molecule has 0 aliphatic heterocycles. The first-order valence-electron chi connectivity index (χ1n) is 5.64. The molecule has 19 heavy (non-hydrogen) atoms. The lowest BCUT2D eigenvalue weighted by Gasteiger charge is -2.05. The van der Waals surface area contributed by atoms with Crippen LogP contribution in [0.25, 0.3) is 0 Å². The molecule has 1 aromatic carbocycles. The molecule has 0 saturated heterocycles. The Bertz CT molecular complexity index is 558. The maximum absolute atomic E-state index is 13.3. The summed E-state index contributed by atoms with van der Waals surface area (Å²) in [5, 5.41) is 21.0. The molecule has 0 aliphatic rings. The zero-order valence-electron chi connectivity index (χ0n) is 9.99. The van der Waals surface area contributed by atoms with Crippen molar-refractivity contribution < 1.29 is 9.31 Å². The van der Waals surface area contributed by atoms with Crippen molar-refractivity contribution >= 4 is 5.69 Å². The molecule has 7 nitrogen and oxygen atoms in total. The summed E-state index contributed by atoms with van der Waals surface area (Å²) in [5.74, 6) is -0.819. The van der Waals surface area contributed by atoms with Crippen LogP contribution in [0.15, 0.2) is 30.6 Å². The van der Waals surface area contributed by atoms with Gasteiger partial charge in [0.15, 0.2) is 0 Å². The highest BCUT2D eigenvalue weighted by atomic mass is 19.1. The van der Waals surface area contributed by atoms with E-state index in [0.717, 1.165) is 0 Å². The molecule has 0 aliphatic carbocycles. The summed E-state index contributed by atoms with van der Waals surface area (Å²) < 4.78 is 15.0.